The summed E-state index contributed by atoms with van der Waals surface area (Å²) >= 11 is 1.39. The molecule has 2 aliphatic heterocycles. The van der Waals surface area contributed by atoms with Gasteiger partial charge in [0, 0.05) is 56.1 Å². The Morgan fingerprint density at radius 3 is 2.43 bits per heavy atom. The van der Waals surface area contributed by atoms with E-state index in [0.717, 1.165) is 37.6 Å². The van der Waals surface area contributed by atoms with Gasteiger partial charge in [0.25, 0.3) is 0 Å². The summed E-state index contributed by atoms with van der Waals surface area (Å²) in [5, 5.41) is 8.39. The van der Waals surface area contributed by atoms with Crippen molar-refractivity contribution >= 4 is 23.3 Å². The molecule has 0 amide bonds. The summed E-state index contributed by atoms with van der Waals surface area (Å²) in [6, 6.07) is 7.46. The fraction of sp³-hybridized carbons (Fsp3) is 0.529. The Bertz CT molecular complexity index is 585. The zero-order valence-corrected chi connectivity index (χ0v) is 13.9. The van der Waals surface area contributed by atoms with Crippen LogP contribution < -0.4 is 0 Å². The summed E-state index contributed by atoms with van der Waals surface area (Å²) in [7, 11) is 0. The third kappa shape index (κ3) is 3.83. The maximum absolute atomic E-state index is 12.4. The third-order valence-electron chi connectivity index (χ3n) is 4.48. The van der Waals surface area contributed by atoms with Crippen LogP contribution >= 0.6 is 11.8 Å². The third-order valence-corrected chi connectivity index (χ3v) is 5.81. The van der Waals surface area contributed by atoms with Crippen LogP contribution in [0.25, 0.3) is 0 Å². The minimum Gasteiger partial charge on any atom is -0.395 e. The lowest BCUT2D eigenvalue weighted by Crippen LogP contribution is -2.47. The molecule has 2 aliphatic rings. The molecule has 124 valence electrons. The molecule has 0 saturated carbocycles. The largest absolute Gasteiger partial charge is 0.395 e. The normalized spacial score (nSPS) is 22.3. The van der Waals surface area contributed by atoms with E-state index in [-0.39, 0.29) is 18.2 Å². The first kappa shape index (κ1) is 16.6. The Labute approximate surface area is 140 Å². The minimum absolute atomic E-state index is 0.0361. The number of aliphatic hydroxyl groups is 1. The summed E-state index contributed by atoms with van der Waals surface area (Å²) in [4.78, 5) is 30.2. The average Bonchev–Trinajstić information content (AvgIpc) is 2.92. The highest BCUT2D eigenvalue weighted by Gasteiger charge is 2.36. The molecule has 5 nitrogen and oxygen atoms in total. The summed E-state index contributed by atoms with van der Waals surface area (Å²) in [6.07, 6.45) is 0.428. The molecule has 1 fully saturated rings. The van der Waals surface area contributed by atoms with Gasteiger partial charge in [0.05, 0.1) is 6.61 Å². The predicted octanol–water partition coefficient (Wildman–Crippen LogP) is 0.913. The fourth-order valence-electron chi connectivity index (χ4n) is 3.08. The molecular formula is C17H22N2O3S. The Morgan fingerprint density at radius 2 is 1.78 bits per heavy atom. The van der Waals surface area contributed by atoms with Gasteiger partial charge in [-0.2, -0.15) is 0 Å². The van der Waals surface area contributed by atoms with Crippen molar-refractivity contribution in [3.8, 4) is 0 Å². The zero-order chi connectivity index (χ0) is 16.2. The lowest BCUT2D eigenvalue weighted by molar-refractivity contribution is -0.118. The van der Waals surface area contributed by atoms with Crippen LogP contribution in [0.3, 0.4) is 0 Å². The molecule has 2 heterocycles. The molecule has 1 saturated heterocycles. The van der Waals surface area contributed by atoms with E-state index in [9.17, 15) is 9.59 Å². The number of ketones is 2. The predicted molar refractivity (Wildman–Crippen MR) is 90.0 cm³/mol. The summed E-state index contributed by atoms with van der Waals surface area (Å²) in [5.41, 5.74) is 0.688. The van der Waals surface area contributed by atoms with Crippen molar-refractivity contribution in [3.05, 3.63) is 29.8 Å². The van der Waals surface area contributed by atoms with E-state index < -0.39 is 5.25 Å². The van der Waals surface area contributed by atoms with Crippen LogP contribution in [0.4, 0.5) is 0 Å². The molecule has 0 aliphatic carbocycles. The molecular weight excluding hydrogens is 312 g/mol. The Hall–Kier alpha value is -1.21. The Balaban J connectivity index is 1.47. The smallest absolute Gasteiger partial charge is 0.184 e. The van der Waals surface area contributed by atoms with Gasteiger partial charge >= 0.3 is 0 Å². The first-order chi connectivity index (χ1) is 11.2. The maximum Gasteiger partial charge on any atom is 0.184 e. The SMILES string of the molecule is O=C(CCN1CCN(CCO)CC1)C1Sc2ccccc2C1=O. The van der Waals surface area contributed by atoms with Gasteiger partial charge in [0.2, 0.25) is 0 Å². The highest BCUT2D eigenvalue weighted by molar-refractivity contribution is 8.02. The number of hydrogen-bond donors (Lipinski definition) is 1. The number of aliphatic hydroxyl groups excluding tert-OH is 1. The molecule has 6 heteroatoms. The molecule has 0 spiro atoms. The van der Waals surface area contributed by atoms with Crippen molar-refractivity contribution in [3.63, 3.8) is 0 Å². The van der Waals surface area contributed by atoms with E-state index in [1.807, 2.05) is 18.2 Å². The number of nitrogens with zero attached hydrogens (tertiary/aromatic N) is 2. The number of carbonyl (C=O) groups is 2. The fourth-order valence-corrected chi connectivity index (χ4v) is 4.27. The number of Topliss-reactive ketones (excluding diaryl/α,β-unsaturated/α-hetero) is 2. The molecule has 1 unspecified atom stereocenters. The van der Waals surface area contributed by atoms with Crippen LogP contribution in [0.5, 0.6) is 0 Å². The monoisotopic (exact) mass is 334 g/mol. The first-order valence-corrected chi connectivity index (χ1v) is 8.95. The topological polar surface area (TPSA) is 60.9 Å². The second kappa shape index (κ2) is 7.57. The summed E-state index contributed by atoms with van der Waals surface area (Å²) in [6.45, 7) is 5.32. The molecule has 23 heavy (non-hydrogen) atoms. The lowest BCUT2D eigenvalue weighted by Gasteiger charge is -2.34. The lowest BCUT2D eigenvalue weighted by atomic mass is 10.0. The van der Waals surface area contributed by atoms with Gasteiger partial charge in [-0.15, -0.1) is 11.8 Å². The van der Waals surface area contributed by atoms with Gasteiger partial charge in [-0.3, -0.25) is 14.5 Å². The number of β-amino-alcohol motifs (C(OH)–C–C–N with tert-alkyl or cyclic N) is 1. The number of benzene rings is 1. The van der Waals surface area contributed by atoms with Gasteiger partial charge in [-0.05, 0) is 6.07 Å². The second-order valence-corrected chi connectivity index (χ2v) is 7.13. The van der Waals surface area contributed by atoms with E-state index >= 15 is 0 Å². The molecule has 3 rings (SSSR count). The summed E-state index contributed by atoms with van der Waals surface area (Å²) in [5.74, 6) is -0.00245. The summed E-state index contributed by atoms with van der Waals surface area (Å²) < 4.78 is 0. The number of fused-ring (bicyclic) bond motifs is 1. The number of piperazine rings is 1. The van der Waals surface area contributed by atoms with Crippen LogP contribution in [-0.2, 0) is 4.79 Å². The van der Waals surface area contributed by atoms with E-state index in [1.54, 1.807) is 6.07 Å². The number of hydrogen-bond acceptors (Lipinski definition) is 6. The molecule has 0 radical (unpaired) electrons. The number of carbonyl (C=O) groups excluding carboxylic acids is 2. The van der Waals surface area contributed by atoms with E-state index in [0.29, 0.717) is 18.5 Å². The van der Waals surface area contributed by atoms with Gasteiger partial charge < -0.3 is 10.0 Å². The van der Waals surface area contributed by atoms with Crippen molar-refractivity contribution in [1.82, 2.24) is 9.80 Å². The van der Waals surface area contributed by atoms with E-state index in [2.05, 4.69) is 9.80 Å². The Kier molecular flexibility index (Phi) is 5.48. The van der Waals surface area contributed by atoms with Crippen LogP contribution in [-0.4, -0.2) is 77.6 Å². The molecule has 1 aromatic carbocycles. The van der Waals surface area contributed by atoms with Crippen molar-refractivity contribution in [2.75, 3.05) is 45.9 Å². The van der Waals surface area contributed by atoms with Crippen LogP contribution in [0.1, 0.15) is 16.8 Å². The van der Waals surface area contributed by atoms with Crippen molar-refractivity contribution in [1.29, 1.82) is 0 Å². The molecule has 1 aromatic rings. The zero-order valence-electron chi connectivity index (χ0n) is 13.1. The number of thioether (sulfide) groups is 1. The highest BCUT2D eigenvalue weighted by Crippen LogP contribution is 2.37. The molecule has 1 atom stereocenters. The van der Waals surface area contributed by atoms with E-state index in [4.69, 9.17) is 5.11 Å². The molecule has 0 bridgehead atoms. The van der Waals surface area contributed by atoms with Gasteiger partial charge in [0.15, 0.2) is 11.6 Å². The average molecular weight is 334 g/mol. The van der Waals surface area contributed by atoms with Crippen LogP contribution in [0.15, 0.2) is 29.2 Å². The minimum atomic E-state index is -0.553. The number of rotatable bonds is 6. The Morgan fingerprint density at radius 1 is 1.13 bits per heavy atom. The van der Waals surface area contributed by atoms with Crippen LogP contribution in [0.2, 0.25) is 0 Å². The van der Waals surface area contributed by atoms with Gasteiger partial charge in [-0.1, -0.05) is 18.2 Å². The van der Waals surface area contributed by atoms with Gasteiger partial charge in [0.1, 0.15) is 5.25 Å². The molecule has 1 N–H and O–H groups in total. The van der Waals surface area contributed by atoms with Crippen molar-refractivity contribution < 1.29 is 14.7 Å². The van der Waals surface area contributed by atoms with Crippen LogP contribution in [0, 0.1) is 0 Å². The van der Waals surface area contributed by atoms with Crippen molar-refractivity contribution in [2.24, 2.45) is 0 Å². The van der Waals surface area contributed by atoms with Gasteiger partial charge in [-0.25, -0.2) is 0 Å². The first-order valence-electron chi connectivity index (χ1n) is 8.07. The maximum atomic E-state index is 12.4. The quantitative estimate of drug-likeness (QED) is 0.781. The second-order valence-electron chi connectivity index (χ2n) is 5.98. The van der Waals surface area contributed by atoms with E-state index in [1.165, 1.54) is 11.8 Å². The standard InChI is InChI=1S/C17H22N2O3S/c20-12-11-19-9-7-18(8-10-19)6-5-14(21)17-16(22)13-3-1-2-4-15(13)23-17/h1-4,17,20H,5-12H2. The highest BCUT2D eigenvalue weighted by atomic mass is 32.2. The molecule has 0 aromatic heterocycles. The van der Waals surface area contributed by atoms with Crippen molar-refractivity contribution in [2.45, 2.75) is 16.6 Å².